The zero-order valence-corrected chi connectivity index (χ0v) is 13.0. The van der Waals surface area contributed by atoms with Gasteiger partial charge in [0.05, 0.1) is 0 Å². The van der Waals surface area contributed by atoms with Gasteiger partial charge >= 0.3 is 0 Å². The highest BCUT2D eigenvalue weighted by atomic mass is 16.2. The Kier molecular flexibility index (Phi) is 6.02. The summed E-state index contributed by atoms with van der Waals surface area (Å²) < 4.78 is 0. The number of hydrogen-bond donors (Lipinski definition) is 1. The van der Waals surface area contributed by atoms with Crippen LogP contribution in [0.3, 0.4) is 0 Å². The lowest BCUT2D eigenvalue weighted by molar-refractivity contribution is -0.126. The number of hydrogen-bond acceptors (Lipinski definition) is 2. The van der Waals surface area contributed by atoms with Gasteiger partial charge in [0.15, 0.2) is 0 Å². The van der Waals surface area contributed by atoms with Gasteiger partial charge in [-0.3, -0.25) is 9.59 Å². The van der Waals surface area contributed by atoms with E-state index < -0.39 is 0 Å². The topological polar surface area (TPSA) is 49.4 Å². The first-order chi connectivity index (χ1) is 10.7. The number of likely N-dealkylation sites (tertiary alicyclic amines) is 1. The number of nitrogens with one attached hydrogen (secondary N) is 1. The molecule has 0 spiro atoms. The molecule has 1 aromatic rings. The van der Waals surface area contributed by atoms with Crippen LogP contribution >= 0.6 is 0 Å². The maximum absolute atomic E-state index is 12.0. The Morgan fingerprint density at radius 2 is 1.91 bits per heavy atom. The third-order valence-corrected chi connectivity index (χ3v) is 3.86. The van der Waals surface area contributed by atoms with E-state index in [9.17, 15) is 9.59 Å². The lowest BCUT2D eigenvalue weighted by Gasteiger charge is -2.31. The first kappa shape index (κ1) is 16.1. The number of carbonyl (C=O) groups excluding carboxylic acids is 2. The van der Waals surface area contributed by atoms with Crippen molar-refractivity contribution in [2.45, 2.75) is 38.6 Å². The van der Waals surface area contributed by atoms with Crippen LogP contribution in [-0.4, -0.2) is 35.8 Å². The van der Waals surface area contributed by atoms with Crippen LogP contribution in [0.1, 0.15) is 31.7 Å². The average molecular weight is 298 g/mol. The highest BCUT2D eigenvalue weighted by Crippen LogP contribution is 2.11. The second-order valence-electron chi connectivity index (χ2n) is 5.49. The molecule has 0 atom stereocenters. The molecule has 1 aliphatic heterocycles. The van der Waals surface area contributed by atoms with E-state index in [0.29, 0.717) is 19.5 Å². The summed E-state index contributed by atoms with van der Waals surface area (Å²) in [5.74, 6) is 5.16. The van der Waals surface area contributed by atoms with Crippen molar-refractivity contribution in [3.05, 3.63) is 35.9 Å². The second-order valence-corrected chi connectivity index (χ2v) is 5.49. The highest BCUT2D eigenvalue weighted by molar-refractivity contribution is 5.93. The van der Waals surface area contributed by atoms with E-state index in [1.807, 2.05) is 30.3 Å². The van der Waals surface area contributed by atoms with Gasteiger partial charge in [0.25, 0.3) is 5.91 Å². The molecule has 2 amide bonds. The van der Waals surface area contributed by atoms with Crippen molar-refractivity contribution >= 4 is 11.8 Å². The van der Waals surface area contributed by atoms with Crippen LogP contribution in [-0.2, 0) is 16.0 Å². The van der Waals surface area contributed by atoms with Gasteiger partial charge in [-0.25, -0.2) is 0 Å². The summed E-state index contributed by atoms with van der Waals surface area (Å²) in [6.45, 7) is 2.99. The van der Waals surface area contributed by atoms with E-state index in [0.717, 1.165) is 19.3 Å². The summed E-state index contributed by atoms with van der Waals surface area (Å²) in [6.07, 6.45) is 2.86. The van der Waals surface area contributed by atoms with Gasteiger partial charge in [-0.05, 0) is 37.7 Å². The van der Waals surface area contributed by atoms with Crippen molar-refractivity contribution in [3.63, 3.8) is 0 Å². The van der Waals surface area contributed by atoms with E-state index in [1.165, 1.54) is 5.56 Å². The van der Waals surface area contributed by atoms with Crippen LogP contribution in [0.2, 0.25) is 0 Å². The standard InChI is InChI=1S/C18H22N2O2/c1-2-6-18(22)20-13-11-16(12-14-20)19-17(21)10-9-15-7-4-3-5-8-15/h3-5,7-8,16H,9-14H2,1H3,(H,19,21). The summed E-state index contributed by atoms with van der Waals surface area (Å²) in [5, 5.41) is 3.07. The molecule has 1 N–H and O–H groups in total. The molecule has 0 aliphatic carbocycles. The summed E-state index contributed by atoms with van der Waals surface area (Å²) in [7, 11) is 0. The Labute approximate surface area is 131 Å². The normalized spacial score (nSPS) is 14.9. The van der Waals surface area contributed by atoms with E-state index in [-0.39, 0.29) is 17.9 Å². The predicted molar refractivity (Wildman–Crippen MR) is 86.0 cm³/mol. The van der Waals surface area contributed by atoms with E-state index >= 15 is 0 Å². The van der Waals surface area contributed by atoms with Crippen molar-refractivity contribution < 1.29 is 9.59 Å². The van der Waals surface area contributed by atoms with E-state index in [4.69, 9.17) is 0 Å². The first-order valence-corrected chi connectivity index (χ1v) is 7.74. The largest absolute Gasteiger partial charge is 0.353 e. The molecule has 0 aromatic heterocycles. The average Bonchev–Trinajstić information content (AvgIpc) is 2.55. The molecule has 0 radical (unpaired) electrons. The third-order valence-electron chi connectivity index (χ3n) is 3.86. The van der Waals surface area contributed by atoms with Gasteiger partial charge in [0, 0.05) is 25.6 Å². The SMILES string of the molecule is CC#CC(=O)N1CCC(NC(=O)CCc2ccccc2)CC1. The van der Waals surface area contributed by atoms with E-state index in [2.05, 4.69) is 17.2 Å². The first-order valence-electron chi connectivity index (χ1n) is 7.74. The number of aryl methyl sites for hydroxylation is 1. The maximum Gasteiger partial charge on any atom is 0.298 e. The lowest BCUT2D eigenvalue weighted by Crippen LogP contribution is -2.46. The van der Waals surface area contributed by atoms with Crippen molar-refractivity contribution in [1.82, 2.24) is 10.2 Å². The van der Waals surface area contributed by atoms with Gasteiger partial charge in [-0.15, -0.1) is 0 Å². The third kappa shape index (κ3) is 4.92. The van der Waals surface area contributed by atoms with Gasteiger partial charge in [0.2, 0.25) is 5.91 Å². The Morgan fingerprint density at radius 1 is 1.23 bits per heavy atom. The molecule has 4 nitrogen and oxygen atoms in total. The fraction of sp³-hybridized carbons (Fsp3) is 0.444. The summed E-state index contributed by atoms with van der Waals surface area (Å²) in [5.41, 5.74) is 1.18. The molecule has 0 bridgehead atoms. The van der Waals surface area contributed by atoms with Gasteiger partial charge in [0.1, 0.15) is 0 Å². The number of rotatable bonds is 4. The number of piperidine rings is 1. The fourth-order valence-electron chi connectivity index (χ4n) is 2.62. The molecule has 1 aliphatic rings. The Bertz CT molecular complexity index is 564. The minimum Gasteiger partial charge on any atom is -0.353 e. The number of nitrogens with zero attached hydrogens (tertiary/aromatic N) is 1. The molecule has 1 fully saturated rings. The maximum atomic E-state index is 12.0. The minimum absolute atomic E-state index is 0.0852. The molecule has 2 rings (SSSR count). The van der Waals surface area contributed by atoms with E-state index in [1.54, 1.807) is 11.8 Å². The number of benzene rings is 1. The lowest BCUT2D eigenvalue weighted by atomic mass is 10.0. The molecule has 0 saturated carbocycles. The van der Waals surface area contributed by atoms with Crippen LogP contribution in [0.5, 0.6) is 0 Å². The number of carbonyl (C=O) groups is 2. The Hall–Kier alpha value is -2.28. The zero-order valence-electron chi connectivity index (χ0n) is 13.0. The van der Waals surface area contributed by atoms with Gasteiger partial charge in [-0.1, -0.05) is 36.3 Å². The van der Waals surface area contributed by atoms with Crippen molar-refractivity contribution in [2.24, 2.45) is 0 Å². The molecule has 1 heterocycles. The summed E-state index contributed by atoms with van der Waals surface area (Å²) in [6, 6.07) is 10.2. The van der Waals surface area contributed by atoms with Crippen LogP contribution in [0, 0.1) is 11.8 Å². The quantitative estimate of drug-likeness (QED) is 0.861. The van der Waals surface area contributed by atoms with Gasteiger partial charge < -0.3 is 10.2 Å². The summed E-state index contributed by atoms with van der Waals surface area (Å²) >= 11 is 0. The second kappa shape index (κ2) is 8.23. The summed E-state index contributed by atoms with van der Waals surface area (Å²) in [4.78, 5) is 25.4. The Morgan fingerprint density at radius 3 is 2.55 bits per heavy atom. The molecule has 4 heteroatoms. The molecule has 116 valence electrons. The molecule has 1 saturated heterocycles. The molecular formula is C18H22N2O2. The smallest absolute Gasteiger partial charge is 0.298 e. The molecule has 0 unspecified atom stereocenters. The molecule has 22 heavy (non-hydrogen) atoms. The highest BCUT2D eigenvalue weighted by Gasteiger charge is 2.22. The van der Waals surface area contributed by atoms with Crippen molar-refractivity contribution in [1.29, 1.82) is 0 Å². The van der Waals surface area contributed by atoms with Crippen LogP contribution < -0.4 is 5.32 Å². The molecular weight excluding hydrogens is 276 g/mol. The zero-order chi connectivity index (χ0) is 15.8. The fourth-order valence-corrected chi connectivity index (χ4v) is 2.62. The van der Waals surface area contributed by atoms with Crippen molar-refractivity contribution in [3.8, 4) is 11.8 Å². The monoisotopic (exact) mass is 298 g/mol. The van der Waals surface area contributed by atoms with Gasteiger partial charge in [-0.2, -0.15) is 0 Å². The van der Waals surface area contributed by atoms with Crippen LogP contribution in [0.4, 0.5) is 0 Å². The Balaban J connectivity index is 1.70. The van der Waals surface area contributed by atoms with Crippen LogP contribution in [0.25, 0.3) is 0 Å². The van der Waals surface area contributed by atoms with Crippen LogP contribution in [0.15, 0.2) is 30.3 Å². The molecule has 1 aromatic carbocycles. The number of amides is 2. The predicted octanol–water partition coefficient (Wildman–Crippen LogP) is 1.75. The minimum atomic E-state index is -0.114. The van der Waals surface area contributed by atoms with Crippen molar-refractivity contribution in [2.75, 3.05) is 13.1 Å².